The third kappa shape index (κ3) is 4.67. The summed E-state index contributed by atoms with van der Waals surface area (Å²) in [6, 6.07) is 5.10. The topological polar surface area (TPSA) is 41.9 Å². The van der Waals surface area contributed by atoms with E-state index in [4.69, 9.17) is 4.74 Å². The van der Waals surface area contributed by atoms with Gasteiger partial charge in [-0.05, 0) is 56.2 Å². The van der Waals surface area contributed by atoms with Gasteiger partial charge in [-0.1, -0.05) is 0 Å². The lowest BCUT2D eigenvalue weighted by Gasteiger charge is -2.13. The molecule has 2 rings (SSSR count). The summed E-state index contributed by atoms with van der Waals surface area (Å²) in [5.74, 6) is -4.92. The number of ether oxygens (including phenoxy) is 1. The molecule has 0 aliphatic carbocycles. The normalized spacial score (nSPS) is 11.1. The second-order valence-electron chi connectivity index (χ2n) is 6.11. The minimum absolute atomic E-state index is 0.236. The first kappa shape index (κ1) is 20.5. The largest absolute Gasteiger partial charge is 0.457 e. The zero-order valence-corrected chi connectivity index (χ0v) is 15.6. The highest BCUT2D eigenvalue weighted by Crippen LogP contribution is 2.25. The van der Waals surface area contributed by atoms with Gasteiger partial charge in [-0.3, -0.25) is 0 Å². The Bertz CT molecular complexity index is 882. The Morgan fingerprint density at radius 3 is 2.48 bits per heavy atom. The molecule has 0 aliphatic rings. The van der Waals surface area contributed by atoms with Crippen LogP contribution in [0.25, 0.3) is 0 Å². The van der Waals surface area contributed by atoms with E-state index in [1.165, 1.54) is 0 Å². The number of benzene rings is 2. The molecule has 0 amide bonds. The highest BCUT2D eigenvalue weighted by Gasteiger charge is 2.17. The second-order valence-corrected chi connectivity index (χ2v) is 6.11. The number of carbonyl (C=O) groups excluding carboxylic acids is 1. The maximum absolute atomic E-state index is 13.7. The molecule has 0 spiro atoms. The fourth-order valence-electron chi connectivity index (χ4n) is 2.31. The highest BCUT2D eigenvalue weighted by atomic mass is 19.2. The van der Waals surface area contributed by atoms with Gasteiger partial charge in [-0.25, -0.2) is 23.0 Å². The fraction of sp³-hybridized carbons (Fsp3) is 0.300. The maximum atomic E-state index is 13.7. The number of nitrogens with zero attached hydrogens (tertiary/aromatic N) is 2. The van der Waals surface area contributed by atoms with Crippen LogP contribution in [-0.4, -0.2) is 30.8 Å². The molecular weight excluding hydrogens is 357 g/mol. The summed E-state index contributed by atoms with van der Waals surface area (Å²) >= 11 is 0. The van der Waals surface area contributed by atoms with Crippen LogP contribution in [0.5, 0.6) is 0 Å². The number of hydrogen-bond acceptors (Lipinski definition) is 3. The minimum atomic E-state index is -1.59. The smallest absolute Gasteiger partial charge is 0.338 e. The molecule has 0 saturated heterocycles. The van der Waals surface area contributed by atoms with Crippen molar-refractivity contribution in [3.63, 3.8) is 0 Å². The number of esters is 1. The van der Waals surface area contributed by atoms with Crippen molar-refractivity contribution in [2.75, 3.05) is 13.6 Å². The van der Waals surface area contributed by atoms with Crippen molar-refractivity contribution < 1.29 is 22.7 Å². The lowest BCUT2D eigenvalue weighted by atomic mass is 10.0. The number of carbonyl (C=O) groups is 1. The first-order valence-corrected chi connectivity index (χ1v) is 8.40. The standard InChI is InChI=1S/C20H21F3N2O2/c1-5-25(4)11-24-17-9-7-15(12(2)13(17)3)20(26)27-10-14-6-8-16(21)19(23)18(14)22/h6-9,11H,5,10H2,1-4H3. The third-order valence-electron chi connectivity index (χ3n) is 4.35. The molecule has 27 heavy (non-hydrogen) atoms. The average Bonchev–Trinajstić information content (AvgIpc) is 2.66. The predicted molar refractivity (Wildman–Crippen MR) is 97.8 cm³/mol. The van der Waals surface area contributed by atoms with E-state index in [0.717, 1.165) is 29.9 Å². The van der Waals surface area contributed by atoms with E-state index in [1.54, 1.807) is 25.4 Å². The van der Waals surface area contributed by atoms with Crippen molar-refractivity contribution in [1.29, 1.82) is 0 Å². The molecule has 0 saturated carbocycles. The molecular formula is C20H21F3N2O2. The SMILES string of the molecule is CCN(C)C=Nc1ccc(C(=O)OCc2ccc(F)c(F)c2F)c(C)c1C. The van der Waals surface area contributed by atoms with Crippen LogP contribution in [0, 0.1) is 31.3 Å². The monoisotopic (exact) mass is 378 g/mol. The van der Waals surface area contributed by atoms with Gasteiger partial charge < -0.3 is 9.64 Å². The fourth-order valence-corrected chi connectivity index (χ4v) is 2.31. The van der Waals surface area contributed by atoms with Crippen molar-refractivity contribution in [1.82, 2.24) is 4.90 Å². The van der Waals surface area contributed by atoms with Gasteiger partial charge in [0.1, 0.15) is 6.61 Å². The van der Waals surface area contributed by atoms with Gasteiger partial charge in [0.05, 0.1) is 17.6 Å². The van der Waals surface area contributed by atoms with Gasteiger partial charge >= 0.3 is 5.97 Å². The van der Waals surface area contributed by atoms with Crippen LogP contribution >= 0.6 is 0 Å². The van der Waals surface area contributed by atoms with Crippen LogP contribution in [-0.2, 0) is 11.3 Å². The molecule has 4 nitrogen and oxygen atoms in total. The minimum Gasteiger partial charge on any atom is -0.457 e. The molecule has 0 heterocycles. The number of rotatable bonds is 6. The van der Waals surface area contributed by atoms with E-state index >= 15 is 0 Å². The average molecular weight is 378 g/mol. The quantitative estimate of drug-likeness (QED) is 0.317. The molecule has 0 atom stereocenters. The molecule has 0 aromatic heterocycles. The van der Waals surface area contributed by atoms with E-state index < -0.39 is 30.0 Å². The first-order chi connectivity index (χ1) is 12.8. The first-order valence-electron chi connectivity index (χ1n) is 8.40. The van der Waals surface area contributed by atoms with Crippen LogP contribution in [0.2, 0.25) is 0 Å². The molecule has 0 bridgehead atoms. The van der Waals surface area contributed by atoms with Gasteiger partial charge in [0.25, 0.3) is 0 Å². The summed E-state index contributed by atoms with van der Waals surface area (Å²) in [7, 11) is 1.90. The lowest BCUT2D eigenvalue weighted by Crippen LogP contribution is -2.14. The van der Waals surface area contributed by atoms with Crippen LogP contribution < -0.4 is 0 Å². The van der Waals surface area contributed by atoms with E-state index in [1.807, 2.05) is 25.8 Å². The molecule has 2 aromatic carbocycles. The Morgan fingerprint density at radius 1 is 1.11 bits per heavy atom. The molecule has 7 heteroatoms. The van der Waals surface area contributed by atoms with E-state index in [9.17, 15) is 18.0 Å². The van der Waals surface area contributed by atoms with Gasteiger partial charge in [-0.2, -0.15) is 0 Å². The van der Waals surface area contributed by atoms with Gasteiger partial charge in [0.2, 0.25) is 0 Å². The lowest BCUT2D eigenvalue weighted by molar-refractivity contribution is 0.0467. The summed E-state index contributed by atoms with van der Waals surface area (Å²) in [5.41, 5.74) is 2.28. The summed E-state index contributed by atoms with van der Waals surface area (Å²) in [6.07, 6.45) is 1.70. The molecule has 0 N–H and O–H groups in total. The Labute approximate surface area is 156 Å². The Balaban J connectivity index is 2.16. The van der Waals surface area contributed by atoms with E-state index in [0.29, 0.717) is 11.1 Å². The van der Waals surface area contributed by atoms with Crippen molar-refractivity contribution in [2.24, 2.45) is 4.99 Å². The Hall–Kier alpha value is -2.83. The number of aliphatic imine (C=N–C) groups is 1. The van der Waals surface area contributed by atoms with E-state index in [-0.39, 0.29) is 5.56 Å². The van der Waals surface area contributed by atoms with Crippen LogP contribution in [0.1, 0.15) is 34.0 Å². The summed E-state index contributed by atoms with van der Waals surface area (Å²) in [4.78, 5) is 18.6. The summed E-state index contributed by atoms with van der Waals surface area (Å²) < 4.78 is 44.9. The molecule has 0 aliphatic heterocycles. The number of halogens is 3. The van der Waals surface area contributed by atoms with Gasteiger partial charge in [-0.15, -0.1) is 0 Å². The Morgan fingerprint density at radius 2 is 1.81 bits per heavy atom. The summed E-state index contributed by atoms with van der Waals surface area (Å²) in [5, 5.41) is 0. The van der Waals surface area contributed by atoms with Gasteiger partial charge in [0.15, 0.2) is 17.5 Å². The van der Waals surface area contributed by atoms with Crippen molar-refractivity contribution in [3.05, 3.63) is 64.0 Å². The molecule has 144 valence electrons. The zero-order valence-electron chi connectivity index (χ0n) is 15.6. The molecule has 0 fully saturated rings. The third-order valence-corrected chi connectivity index (χ3v) is 4.35. The van der Waals surface area contributed by atoms with E-state index in [2.05, 4.69) is 4.99 Å². The molecule has 0 radical (unpaired) electrons. The number of hydrogen-bond donors (Lipinski definition) is 0. The highest BCUT2D eigenvalue weighted by molar-refractivity contribution is 5.92. The summed E-state index contributed by atoms with van der Waals surface area (Å²) in [6.45, 7) is 5.90. The molecule has 2 aromatic rings. The molecule has 0 unspecified atom stereocenters. The maximum Gasteiger partial charge on any atom is 0.338 e. The Kier molecular flexibility index (Phi) is 6.60. The van der Waals surface area contributed by atoms with Crippen molar-refractivity contribution in [3.8, 4) is 0 Å². The van der Waals surface area contributed by atoms with Crippen LogP contribution in [0.15, 0.2) is 29.3 Å². The second kappa shape index (κ2) is 8.70. The van der Waals surface area contributed by atoms with Crippen LogP contribution in [0.4, 0.5) is 18.9 Å². The zero-order chi connectivity index (χ0) is 20.1. The van der Waals surface area contributed by atoms with Crippen molar-refractivity contribution in [2.45, 2.75) is 27.4 Å². The predicted octanol–water partition coefficient (Wildman–Crippen LogP) is 4.69. The van der Waals surface area contributed by atoms with Crippen molar-refractivity contribution >= 4 is 18.0 Å². The van der Waals surface area contributed by atoms with Gasteiger partial charge in [0, 0.05) is 19.2 Å². The van der Waals surface area contributed by atoms with Crippen LogP contribution in [0.3, 0.4) is 0 Å².